The van der Waals surface area contributed by atoms with Gasteiger partial charge in [-0.15, -0.1) is 11.3 Å². The van der Waals surface area contributed by atoms with Crippen LogP contribution in [0.15, 0.2) is 70.8 Å². The van der Waals surface area contributed by atoms with Gasteiger partial charge in [-0.2, -0.15) is 0 Å². The van der Waals surface area contributed by atoms with Crippen LogP contribution in [0.4, 0.5) is 0 Å². The van der Waals surface area contributed by atoms with Crippen LogP contribution in [-0.4, -0.2) is 15.0 Å². The number of nitrogens with zero attached hydrogens (tertiary/aromatic N) is 1. The first-order valence-electron chi connectivity index (χ1n) is 10.7. The van der Waals surface area contributed by atoms with E-state index < -0.39 is 0 Å². The molecule has 0 aliphatic carbocycles. The van der Waals surface area contributed by atoms with Crippen molar-refractivity contribution in [2.24, 2.45) is 0 Å². The van der Waals surface area contributed by atoms with Gasteiger partial charge in [-0.25, -0.2) is 0 Å². The zero-order valence-corrected chi connectivity index (χ0v) is 20.1. The maximum absolute atomic E-state index is 13.0. The Hall–Kier alpha value is -2.96. The number of benzene rings is 2. The predicted molar refractivity (Wildman–Crippen MR) is 138 cm³/mol. The number of thiophene rings is 1. The number of pyridine rings is 1. The molecule has 2 aromatic carbocycles. The van der Waals surface area contributed by atoms with E-state index in [1.54, 1.807) is 11.3 Å². The Balaban J connectivity index is 1.64. The van der Waals surface area contributed by atoms with E-state index in [1.165, 1.54) is 10.4 Å². The number of aromatic nitrogens is 1. The van der Waals surface area contributed by atoms with Gasteiger partial charge in [-0.1, -0.05) is 48.5 Å². The highest BCUT2D eigenvalue weighted by Gasteiger charge is 2.17. The third-order valence-electron chi connectivity index (χ3n) is 5.74. The molecule has 4 aromatic rings. The van der Waals surface area contributed by atoms with Crippen LogP contribution in [0.3, 0.4) is 0 Å². The maximum Gasteiger partial charge on any atom is 0.253 e. The summed E-state index contributed by atoms with van der Waals surface area (Å²) >= 11 is 7.51. The highest BCUT2D eigenvalue weighted by atomic mass is 32.1. The normalized spacial score (nSPS) is 12.0. The Morgan fingerprint density at radius 2 is 1.81 bits per heavy atom. The summed E-state index contributed by atoms with van der Waals surface area (Å²) in [5.41, 5.74) is 4.92. The minimum Gasteiger partial charge on any atom is -0.356 e. The highest BCUT2D eigenvalue weighted by molar-refractivity contribution is 7.80. The van der Waals surface area contributed by atoms with Gasteiger partial charge in [0, 0.05) is 15.8 Å². The van der Waals surface area contributed by atoms with Crippen molar-refractivity contribution in [3.63, 3.8) is 0 Å². The van der Waals surface area contributed by atoms with Gasteiger partial charge in [-0.05, 0) is 67.2 Å². The SMILES string of the molecule is Cc1ccc(C)c2[nH]c(=O)c(CN(Cc3cccs3)C(=S)N[C@H](C)c3ccccc3)cc12. The van der Waals surface area contributed by atoms with Crippen molar-refractivity contribution in [1.29, 1.82) is 0 Å². The number of rotatable bonds is 6. The summed E-state index contributed by atoms with van der Waals surface area (Å²) in [6, 6.07) is 20.6. The summed E-state index contributed by atoms with van der Waals surface area (Å²) < 4.78 is 0. The van der Waals surface area contributed by atoms with Crippen molar-refractivity contribution in [2.45, 2.75) is 39.9 Å². The van der Waals surface area contributed by atoms with E-state index in [2.05, 4.69) is 58.7 Å². The molecule has 0 radical (unpaired) electrons. The summed E-state index contributed by atoms with van der Waals surface area (Å²) in [6.07, 6.45) is 0. The summed E-state index contributed by atoms with van der Waals surface area (Å²) in [4.78, 5) is 19.3. The Bertz CT molecular complexity index is 1280. The van der Waals surface area contributed by atoms with Gasteiger partial charge in [-0.3, -0.25) is 4.79 Å². The molecule has 0 saturated heterocycles. The molecule has 4 nitrogen and oxygen atoms in total. The van der Waals surface area contributed by atoms with Crippen molar-refractivity contribution in [3.8, 4) is 0 Å². The van der Waals surface area contributed by atoms with E-state index in [9.17, 15) is 4.79 Å². The number of H-pyrrole nitrogens is 1. The molecule has 0 fully saturated rings. The van der Waals surface area contributed by atoms with Crippen molar-refractivity contribution in [3.05, 3.63) is 104 Å². The number of hydrogen-bond acceptors (Lipinski definition) is 3. The van der Waals surface area contributed by atoms with Crippen molar-refractivity contribution in [2.75, 3.05) is 0 Å². The number of hydrogen-bond donors (Lipinski definition) is 2. The molecule has 0 amide bonds. The summed E-state index contributed by atoms with van der Waals surface area (Å²) in [5.74, 6) is 0. The Morgan fingerprint density at radius 1 is 1.06 bits per heavy atom. The van der Waals surface area contributed by atoms with Gasteiger partial charge in [0.1, 0.15) is 0 Å². The van der Waals surface area contributed by atoms with Crippen molar-refractivity contribution < 1.29 is 0 Å². The third kappa shape index (κ3) is 4.92. The molecule has 4 rings (SSSR count). The van der Waals surface area contributed by atoms with Crippen molar-refractivity contribution in [1.82, 2.24) is 15.2 Å². The van der Waals surface area contributed by atoms with E-state index in [0.717, 1.165) is 22.0 Å². The summed E-state index contributed by atoms with van der Waals surface area (Å²) in [7, 11) is 0. The molecule has 0 bridgehead atoms. The first-order chi connectivity index (χ1) is 15.4. The summed E-state index contributed by atoms with van der Waals surface area (Å²) in [5, 5.41) is 7.23. The molecule has 164 valence electrons. The molecule has 0 aliphatic rings. The smallest absolute Gasteiger partial charge is 0.253 e. The van der Waals surface area contributed by atoms with Crippen molar-refractivity contribution >= 4 is 39.6 Å². The first-order valence-corrected chi connectivity index (χ1v) is 12.0. The fourth-order valence-electron chi connectivity index (χ4n) is 3.83. The highest BCUT2D eigenvalue weighted by Crippen LogP contribution is 2.21. The van der Waals surface area contributed by atoms with Crippen LogP contribution in [0.5, 0.6) is 0 Å². The van der Waals surface area contributed by atoms with Gasteiger partial charge in [0.25, 0.3) is 5.56 Å². The number of fused-ring (bicyclic) bond motifs is 1. The Morgan fingerprint density at radius 3 is 2.53 bits per heavy atom. The van der Waals surface area contributed by atoms with E-state index in [-0.39, 0.29) is 11.6 Å². The van der Waals surface area contributed by atoms with Crippen LogP contribution in [-0.2, 0) is 13.1 Å². The second-order valence-electron chi connectivity index (χ2n) is 8.13. The van der Waals surface area contributed by atoms with Crippen LogP contribution < -0.4 is 10.9 Å². The van der Waals surface area contributed by atoms with E-state index in [4.69, 9.17) is 12.2 Å². The third-order valence-corrected chi connectivity index (χ3v) is 6.97. The molecule has 6 heteroatoms. The van der Waals surface area contributed by atoms with Gasteiger partial charge in [0.15, 0.2) is 5.11 Å². The van der Waals surface area contributed by atoms with Gasteiger partial charge >= 0.3 is 0 Å². The number of aromatic amines is 1. The van der Waals surface area contributed by atoms with Gasteiger partial charge in [0.05, 0.1) is 24.6 Å². The molecule has 2 N–H and O–H groups in total. The lowest BCUT2D eigenvalue weighted by molar-refractivity contribution is 0.395. The zero-order chi connectivity index (χ0) is 22.7. The van der Waals surface area contributed by atoms with Gasteiger partial charge in [0.2, 0.25) is 0 Å². The van der Waals surface area contributed by atoms with Crippen LogP contribution >= 0.6 is 23.6 Å². The lowest BCUT2D eigenvalue weighted by Gasteiger charge is -2.28. The second-order valence-corrected chi connectivity index (χ2v) is 9.55. The molecular formula is C26H27N3OS2. The Labute approximate surface area is 197 Å². The molecule has 0 spiro atoms. The first kappa shape index (κ1) is 22.2. The largest absolute Gasteiger partial charge is 0.356 e. The number of aryl methyl sites for hydroxylation is 2. The van der Waals surface area contributed by atoms with E-state index in [0.29, 0.717) is 23.8 Å². The fourth-order valence-corrected chi connectivity index (χ4v) is 4.86. The monoisotopic (exact) mass is 461 g/mol. The average Bonchev–Trinajstić information content (AvgIpc) is 3.30. The summed E-state index contributed by atoms with van der Waals surface area (Å²) in [6.45, 7) is 7.27. The van der Waals surface area contributed by atoms with Gasteiger partial charge < -0.3 is 15.2 Å². The molecule has 1 atom stereocenters. The Kier molecular flexibility index (Phi) is 6.72. The lowest BCUT2D eigenvalue weighted by atomic mass is 10.0. The molecule has 0 saturated carbocycles. The molecule has 0 unspecified atom stereocenters. The fraction of sp³-hybridized carbons (Fsp3) is 0.231. The zero-order valence-electron chi connectivity index (χ0n) is 18.5. The molecule has 32 heavy (non-hydrogen) atoms. The average molecular weight is 462 g/mol. The molecule has 2 heterocycles. The topological polar surface area (TPSA) is 48.1 Å². The second kappa shape index (κ2) is 9.67. The maximum atomic E-state index is 13.0. The van der Waals surface area contributed by atoms with Crippen LogP contribution in [0.2, 0.25) is 0 Å². The molecule has 2 aromatic heterocycles. The van der Waals surface area contributed by atoms with Crippen LogP contribution in [0, 0.1) is 13.8 Å². The lowest BCUT2D eigenvalue weighted by Crippen LogP contribution is -2.40. The van der Waals surface area contributed by atoms with Crippen LogP contribution in [0.1, 0.15) is 40.1 Å². The number of nitrogens with one attached hydrogen (secondary N) is 2. The molecular weight excluding hydrogens is 434 g/mol. The minimum absolute atomic E-state index is 0.0642. The molecule has 0 aliphatic heterocycles. The predicted octanol–water partition coefficient (Wildman–Crippen LogP) is 5.84. The van der Waals surface area contributed by atoms with E-state index >= 15 is 0 Å². The quantitative estimate of drug-likeness (QED) is 0.354. The minimum atomic E-state index is -0.0683. The number of thiocarbonyl (C=S) groups is 1. The van der Waals surface area contributed by atoms with E-state index in [1.807, 2.05) is 43.3 Å². The standard InChI is InChI=1S/C26H27N3OS2/c1-17-11-12-18(2)24-23(17)14-21(25(30)28-24)15-29(16-22-10-7-13-32-22)26(31)27-19(3)20-8-5-4-6-9-20/h4-14,19H,15-16H2,1-3H3,(H,27,31)(H,28,30)/t19-/m1/s1. The van der Waals surface area contributed by atoms with Crippen LogP contribution in [0.25, 0.3) is 10.9 Å².